The summed E-state index contributed by atoms with van der Waals surface area (Å²) in [5.41, 5.74) is 1.81. The normalized spacial score (nSPS) is 13.9. The first-order chi connectivity index (χ1) is 9.29. The predicted molar refractivity (Wildman–Crippen MR) is 66.8 cm³/mol. The van der Waals surface area contributed by atoms with Crippen molar-refractivity contribution >= 4 is 0 Å². The largest absolute Gasteiger partial charge is 0.454 e. The highest BCUT2D eigenvalue weighted by molar-refractivity contribution is 5.51. The van der Waals surface area contributed by atoms with E-state index >= 15 is 0 Å². The molecule has 2 aromatic rings. The number of nitriles is 1. The fourth-order valence-corrected chi connectivity index (χ4v) is 2.10. The van der Waals surface area contributed by atoms with E-state index in [-0.39, 0.29) is 6.79 Å². The summed E-state index contributed by atoms with van der Waals surface area (Å²) in [5.74, 6) is 1.37. The van der Waals surface area contributed by atoms with Gasteiger partial charge in [-0.3, -0.25) is 0 Å². The third kappa shape index (κ3) is 1.97. The summed E-state index contributed by atoms with van der Waals surface area (Å²) in [7, 11) is 0. The number of nitrogens with zero attached hydrogens (tertiary/aromatic N) is 3. The number of fused-ring (bicyclic) bond motifs is 1. The van der Waals surface area contributed by atoms with E-state index in [9.17, 15) is 5.26 Å². The van der Waals surface area contributed by atoms with Gasteiger partial charge < -0.3 is 9.47 Å². The molecule has 0 fully saturated rings. The highest BCUT2D eigenvalue weighted by atomic mass is 16.7. The molecule has 19 heavy (non-hydrogen) atoms. The third-order valence-corrected chi connectivity index (χ3v) is 3.05. The van der Waals surface area contributed by atoms with Crippen LogP contribution in [-0.2, 0) is 0 Å². The molecule has 0 spiro atoms. The van der Waals surface area contributed by atoms with Gasteiger partial charge in [0, 0.05) is 12.4 Å². The molecule has 94 valence electrons. The maximum Gasteiger partial charge on any atom is 0.231 e. The first kappa shape index (κ1) is 11.5. The zero-order chi connectivity index (χ0) is 13.2. The van der Waals surface area contributed by atoms with Crippen molar-refractivity contribution in [1.29, 1.82) is 5.26 Å². The van der Waals surface area contributed by atoms with Gasteiger partial charge in [0.1, 0.15) is 11.7 Å². The van der Waals surface area contributed by atoms with Crippen LogP contribution in [-0.4, -0.2) is 16.8 Å². The summed E-state index contributed by atoms with van der Waals surface area (Å²) in [6.07, 6.45) is 3.27. The standard InChI is InChI=1S/C14H11N3O2/c1-9-5-12-13(19-8-18-12)6-10(9)11(7-15)14-16-3-2-4-17-14/h2-6,11H,8H2,1H3. The molecular formula is C14H11N3O2. The molecule has 3 rings (SSSR count). The maximum atomic E-state index is 9.40. The van der Waals surface area contributed by atoms with E-state index in [0.717, 1.165) is 11.1 Å². The monoisotopic (exact) mass is 253 g/mol. The maximum absolute atomic E-state index is 9.40. The van der Waals surface area contributed by atoms with Crippen LogP contribution in [0.15, 0.2) is 30.6 Å². The summed E-state index contributed by atoms with van der Waals surface area (Å²) in [5, 5.41) is 9.40. The number of rotatable bonds is 2. The van der Waals surface area contributed by atoms with Crippen LogP contribution in [0.5, 0.6) is 11.5 Å². The van der Waals surface area contributed by atoms with E-state index in [1.165, 1.54) is 0 Å². The number of aryl methyl sites for hydroxylation is 1. The van der Waals surface area contributed by atoms with E-state index in [2.05, 4.69) is 16.0 Å². The molecule has 1 aliphatic heterocycles. The van der Waals surface area contributed by atoms with Gasteiger partial charge in [-0.1, -0.05) is 0 Å². The molecule has 1 atom stereocenters. The molecular weight excluding hydrogens is 242 g/mol. The van der Waals surface area contributed by atoms with Crippen molar-refractivity contribution in [1.82, 2.24) is 9.97 Å². The summed E-state index contributed by atoms with van der Waals surface area (Å²) >= 11 is 0. The van der Waals surface area contributed by atoms with Crippen LogP contribution in [0.4, 0.5) is 0 Å². The van der Waals surface area contributed by atoms with Crippen LogP contribution in [0.2, 0.25) is 0 Å². The lowest BCUT2D eigenvalue weighted by Gasteiger charge is -2.12. The average Bonchev–Trinajstić information content (AvgIpc) is 2.88. The number of benzene rings is 1. The fraction of sp³-hybridized carbons (Fsp3) is 0.214. The number of aromatic nitrogens is 2. The first-order valence-corrected chi connectivity index (χ1v) is 5.86. The Hall–Kier alpha value is -2.61. The van der Waals surface area contributed by atoms with Gasteiger partial charge in [-0.15, -0.1) is 0 Å². The molecule has 2 heterocycles. The molecule has 0 bridgehead atoms. The number of hydrogen-bond donors (Lipinski definition) is 0. The van der Waals surface area contributed by atoms with Crippen molar-refractivity contribution in [3.05, 3.63) is 47.5 Å². The van der Waals surface area contributed by atoms with Crippen LogP contribution in [0.25, 0.3) is 0 Å². The smallest absolute Gasteiger partial charge is 0.231 e. The average molecular weight is 253 g/mol. The Bertz CT molecular complexity index is 650. The Morgan fingerprint density at radius 1 is 1.21 bits per heavy atom. The van der Waals surface area contributed by atoms with Gasteiger partial charge in [0.25, 0.3) is 0 Å². The Labute approximate surface area is 110 Å². The van der Waals surface area contributed by atoms with E-state index < -0.39 is 5.92 Å². The van der Waals surface area contributed by atoms with Crippen LogP contribution in [0.3, 0.4) is 0 Å². The lowest BCUT2D eigenvalue weighted by Crippen LogP contribution is -2.05. The predicted octanol–water partition coefficient (Wildman–Crippen LogP) is 2.17. The second kappa shape index (κ2) is 4.58. The van der Waals surface area contributed by atoms with Crippen molar-refractivity contribution < 1.29 is 9.47 Å². The Morgan fingerprint density at radius 3 is 2.58 bits per heavy atom. The summed E-state index contributed by atoms with van der Waals surface area (Å²) < 4.78 is 10.7. The van der Waals surface area contributed by atoms with E-state index in [4.69, 9.17) is 9.47 Å². The molecule has 5 heteroatoms. The minimum atomic E-state index is -0.504. The number of hydrogen-bond acceptors (Lipinski definition) is 5. The summed E-state index contributed by atoms with van der Waals surface area (Å²) in [6, 6.07) is 7.69. The highest BCUT2D eigenvalue weighted by Gasteiger charge is 2.23. The quantitative estimate of drug-likeness (QED) is 0.820. The van der Waals surface area contributed by atoms with E-state index in [1.807, 2.05) is 19.1 Å². The molecule has 1 unspecified atom stereocenters. The van der Waals surface area contributed by atoms with Crippen molar-refractivity contribution in [3.63, 3.8) is 0 Å². The van der Waals surface area contributed by atoms with Crippen LogP contribution in [0, 0.1) is 18.3 Å². The Morgan fingerprint density at radius 2 is 1.89 bits per heavy atom. The number of ether oxygens (including phenoxy) is 2. The molecule has 0 amide bonds. The second-order valence-electron chi connectivity index (χ2n) is 4.23. The van der Waals surface area contributed by atoms with Gasteiger partial charge in [-0.25, -0.2) is 9.97 Å². The molecule has 0 aliphatic carbocycles. The Balaban J connectivity index is 2.08. The molecule has 1 aliphatic rings. The first-order valence-electron chi connectivity index (χ1n) is 5.86. The fourth-order valence-electron chi connectivity index (χ4n) is 2.10. The molecule has 0 saturated carbocycles. The van der Waals surface area contributed by atoms with Crippen molar-refractivity contribution in [2.24, 2.45) is 0 Å². The minimum Gasteiger partial charge on any atom is -0.454 e. The molecule has 5 nitrogen and oxygen atoms in total. The van der Waals surface area contributed by atoms with Gasteiger partial charge in [-0.05, 0) is 36.2 Å². The lowest BCUT2D eigenvalue weighted by molar-refractivity contribution is 0.174. The third-order valence-electron chi connectivity index (χ3n) is 3.05. The van der Waals surface area contributed by atoms with Gasteiger partial charge in [0.2, 0.25) is 6.79 Å². The molecule has 0 radical (unpaired) electrons. The minimum absolute atomic E-state index is 0.220. The molecule has 0 saturated heterocycles. The zero-order valence-corrected chi connectivity index (χ0v) is 10.3. The van der Waals surface area contributed by atoms with E-state index in [1.54, 1.807) is 18.5 Å². The SMILES string of the molecule is Cc1cc2c(cc1C(C#N)c1ncccn1)OCO2. The van der Waals surface area contributed by atoms with Gasteiger partial charge in [0.15, 0.2) is 11.5 Å². The van der Waals surface area contributed by atoms with Crippen LogP contribution >= 0.6 is 0 Å². The summed E-state index contributed by atoms with van der Waals surface area (Å²) in [6.45, 7) is 2.15. The van der Waals surface area contributed by atoms with Crippen LogP contribution < -0.4 is 9.47 Å². The van der Waals surface area contributed by atoms with Crippen LogP contribution in [0.1, 0.15) is 22.9 Å². The van der Waals surface area contributed by atoms with Crippen molar-refractivity contribution in [3.8, 4) is 17.6 Å². The Kier molecular flexibility index (Phi) is 2.76. The molecule has 1 aromatic carbocycles. The van der Waals surface area contributed by atoms with Gasteiger partial charge in [0.05, 0.1) is 6.07 Å². The van der Waals surface area contributed by atoms with Crippen molar-refractivity contribution in [2.45, 2.75) is 12.8 Å². The second-order valence-corrected chi connectivity index (χ2v) is 4.23. The van der Waals surface area contributed by atoms with Gasteiger partial charge >= 0.3 is 0 Å². The van der Waals surface area contributed by atoms with E-state index in [0.29, 0.717) is 17.3 Å². The topological polar surface area (TPSA) is 68.0 Å². The highest BCUT2D eigenvalue weighted by Crippen LogP contribution is 2.37. The van der Waals surface area contributed by atoms with Crippen molar-refractivity contribution in [2.75, 3.05) is 6.79 Å². The molecule has 1 aromatic heterocycles. The molecule has 0 N–H and O–H groups in total. The van der Waals surface area contributed by atoms with Gasteiger partial charge in [-0.2, -0.15) is 5.26 Å². The lowest BCUT2D eigenvalue weighted by atomic mass is 9.94. The zero-order valence-electron chi connectivity index (χ0n) is 10.3. The summed E-state index contributed by atoms with van der Waals surface area (Å²) in [4.78, 5) is 8.31.